The Morgan fingerprint density at radius 1 is 0.947 bits per heavy atom. The summed E-state index contributed by atoms with van der Waals surface area (Å²) in [6, 6.07) is 4.53. The molecule has 0 amide bonds. The van der Waals surface area contributed by atoms with E-state index in [-0.39, 0.29) is 0 Å². The molecular weight excluding hydrogens is 236 g/mol. The third-order valence-electron chi connectivity index (χ3n) is 2.89. The van der Waals surface area contributed by atoms with Crippen LogP contribution in [-0.4, -0.2) is 12.1 Å². The number of nitriles is 2. The maximum Gasteiger partial charge on any atom is 0.164 e. The first-order valence-corrected chi connectivity index (χ1v) is 6.87. The fourth-order valence-corrected chi connectivity index (χ4v) is 2.30. The van der Waals surface area contributed by atoms with Crippen molar-refractivity contribution in [2.24, 2.45) is 27.5 Å². The summed E-state index contributed by atoms with van der Waals surface area (Å²) in [7, 11) is 0. The fourth-order valence-electron chi connectivity index (χ4n) is 2.30. The van der Waals surface area contributed by atoms with Crippen molar-refractivity contribution >= 4 is 0 Å². The molecule has 0 N–H and O–H groups in total. The van der Waals surface area contributed by atoms with Crippen LogP contribution in [0.4, 0.5) is 0 Å². The molecule has 0 spiro atoms. The summed E-state index contributed by atoms with van der Waals surface area (Å²) in [5.74, 6) is 0.833. The van der Waals surface area contributed by atoms with Crippen molar-refractivity contribution < 1.29 is 0 Å². The van der Waals surface area contributed by atoms with Gasteiger partial charge in [0.2, 0.25) is 0 Å². The third kappa shape index (κ3) is 6.91. The van der Waals surface area contributed by atoms with Crippen LogP contribution in [0.2, 0.25) is 0 Å². The molecule has 0 rings (SSSR count). The van der Waals surface area contributed by atoms with Crippen LogP contribution in [0.1, 0.15) is 54.4 Å². The van der Waals surface area contributed by atoms with Crippen molar-refractivity contribution in [1.29, 1.82) is 10.5 Å². The number of azo groups is 1. The highest BCUT2D eigenvalue weighted by molar-refractivity contribution is 5.04. The second-order valence-corrected chi connectivity index (χ2v) is 6.65. The second kappa shape index (κ2) is 7.24. The Morgan fingerprint density at radius 2 is 1.47 bits per heavy atom. The van der Waals surface area contributed by atoms with E-state index in [1.807, 2.05) is 6.92 Å². The topological polar surface area (TPSA) is 72.3 Å². The minimum absolute atomic E-state index is 0.358. The lowest BCUT2D eigenvalue weighted by Crippen LogP contribution is -2.23. The van der Waals surface area contributed by atoms with Gasteiger partial charge in [-0.25, -0.2) is 0 Å². The molecule has 0 heterocycles. The molecule has 2 atom stereocenters. The van der Waals surface area contributed by atoms with Crippen LogP contribution < -0.4 is 0 Å². The van der Waals surface area contributed by atoms with Gasteiger partial charge in [0.1, 0.15) is 0 Å². The van der Waals surface area contributed by atoms with Crippen LogP contribution in [0.3, 0.4) is 0 Å². The molecule has 19 heavy (non-hydrogen) atoms. The van der Waals surface area contributed by atoms with Crippen molar-refractivity contribution in [3.8, 4) is 12.1 Å². The predicted octanol–water partition coefficient (Wildman–Crippen LogP) is 4.34. The van der Waals surface area contributed by atoms with Crippen molar-refractivity contribution in [2.75, 3.05) is 6.54 Å². The Bertz CT molecular complexity index is 386. The maximum absolute atomic E-state index is 9.25. The van der Waals surface area contributed by atoms with Crippen molar-refractivity contribution in [2.45, 2.75) is 59.9 Å². The van der Waals surface area contributed by atoms with E-state index in [1.54, 1.807) is 6.92 Å². The monoisotopic (exact) mass is 262 g/mol. The molecule has 0 bridgehead atoms. The average Bonchev–Trinajstić information content (AvgIpc) is 2.27. The minimum Gasteiger partial charge on any atom is -0.198 e. The van der Waals surface area contributed by atoms with Gasteiger partial charge >= 0.3 is 0 Å². The van der Waals surface area contributed by atoms with Gasteiger partial charge in [-0.05, 0) is 38.5 Å². The van der Waals surface area contributed by atoms with Crippen LogP contribution >= 0.6 is 0 Å². The molecule has 0 aliphatic heterocycles. The Kier molecular flexibility index (Phi) is 6.70. The summed E-state index contributed by atoms with van der Waals surface area (Å²) in [5, 5.41) is 26.8. The van der Waals surface area contributed by atoms with E-state index in [1.165, 1.54) is 0 Å². The van der Waals surface area contributed by atoms with Crippen LogP contribution in [0.25, 0.3) is 0 Å². The molecule has 0 fully saturated rings. The number of nitrogens with zero attached hydrogens (tertiary/aromatic N) is 4. The molecule has 106 valence electrons. The third-order valence-corrected chi connectivity index (χ3v) is 2.89. The van der Waals surface area contributed by atoms with E-state index in [0.717, 1.165) is 6.42 Å². The number of hydrogen-bond acceptors (Lipinski definition) is 4. The van der Waals surface area contributed by atoms with Gasteiger partial charge in [0.05, 0.1) is 24.1 Å². The van der Waals surface area contributed by atoms with Gasteiger partial charge in [-0.1, -0.05) is 27.7 Å². The van der Waals surface area contributed by atoms with Crippen LogP contribution in [0.15, 0.2) is 10.2 Å². The fraction of sp³-hybridized carbons (Fsp3) is 0.867. The van der Waals surface area contributed by atoms with E-state index < -0.39 is 11.0 Å². The molecule has 0 radical (unpaired) electrons. The molecule has 0 aromatic carbocycles. The first-order valence-electron chi connectivity index (χ1n) is 6.87. The van der Waals surface area contributed by atoms with Crippen LogP contribution in [-0.2, 0) is 0 Å². The van der Waals surface area contributed by atoms with Gasteiger partial charge in [0.15, 0.2) is 5.54 Å². The molecule has 0 aliphatic carbocycles. The summed E-state index contributed by atoms with van der Waals surface area (Å²) < 4.78 is 0. The highest BCUT2D eigenvalue weighted by Gasteiger charge is 2.27. The van der Waals surface area contributed by atoms with Crippen molar-refractivity contribution in [3.63, 3.8) is 0 Å². The smallest absolute Gasteiger partial charge is 0.164 e. The zero-order chi connectivity index (χ0) is 15.1. The van der Waals surface area contributed by atoms with E-state index in [0.29, 0.717) is 24.8 Å². The highest BCUT2D eigenvalue weighted by Crippen LogP contribution is 2.27. The lowest BCUT2D eigenvalue weighted by atomic mass is 9.83. The predicted molar refractivity (Wildman–Crippen MR) is 76.4 cm³/mol. The Labute approximate surface area is 117 Å². The quantitative estimate of drug-likeness (QED) is 0.640. The standard InChI is InChI=1S/C15H26N4/c1-12(2)7-14(5,9-16)11-18-19-15(6,10-17)8-13(3)4/h12-13H,7-8,11H2,1-6H3/b19-18+. The van der Waals surface area contributed by atoms with E-state index in [2.05, 4.69) is 50.1 Å². The molecule has 2 unspecified atom stereocenters. The average molecular weight is 262 g/mol. The van der Waals surface area contributed by atoms with Crippen molar-refractivity contribution in [1.82, 2.24) is 0 Å². The van der Waals surface area contributed by atoms with Gasteiger partial charge in [-0.3, -0.25) is 0 Å². The molecule has 0 saturated heterocycles. The molecule has 0 aromatic rings. The van der Waals surface area contributed by atoms with Crippen LogP contribution in [0, 0.1) is 39.9 Å². The van der Waals surface area contributed by atoms with Gasteiger partial charge < -0.3 is 0 Å². The van der Waals surface area contributed by atoms with E-state index in [9.17, 15) is 10.5 Å². The molecule has 0 saturated carbocycles. The van der Waals surface area contributed by atoms with Gasteiger partial charge in [-0.2, -0.15) is 20.8 Å². The van der Waals surface area contributed by atoms with E-state index in [4.69, 9.17) is 0 Å². The molecule has 4 heteroatoms. The lowest BCUT2D eigenvalue weighted by molar-refractivity contribution is 0.341. The van der Waals surface area contributed by atoms with E-state index >= 15 is 0 Å². The number of rotatable bonds is 7. The Balaban J connectivity index is 4.72. The minimum atomic E-state index is -0.775. The number of hydrogen-bond donors (Lipinski definition) is 0. The summed E-state index contributed by atoms with van der Waals surface area (Å²) in [6.07, 6.45) is 1.47. The van der Waals surface area contributed by atoms with Gasteiger partial charge in [0.25, 0.3) is 0 Å². The normalized spacial score (nSPS) is 18.0. The summed E-state index contributed by atoms with van der Waals surface area (Å²) in [4.78, 5) is 0. The largest absolute Gasteiger partial charge is 0.198 e. The molecular formula is C15H26N4. The summed E-state index contributed by atoms with van der Waals surface area (Å²) >= 11 is 0. The summed E-state index contributed by atoms with van der Waals surface area (Å²) in [5.41, 5.74) is -1.27. The Morgan fingerprint density at radius 3 is 1.84 bits per heavy atom. The Hall–Kier alpha value is -1.42. The van der Waals surface area contributed by atoms with Crippen molar-refractivity contribution in [3.05, 3.63) is 0 Å². The SMILES string of the molecule is CC(C)CC(C)(C#N)C/N=N/C(C)(C#N)CC(C)C. The summed E-state index contributed by atoms with van der Waals surface area (Å²) in [6.45, 7) is 12.3. The molecule has 0 aliphatic rings. The first kappa shape index (κ1) is 17.6. The molecule has 4 nitrogen and oxygen atoms in total. The maximum atomic E-state index is 9.25. The molecule has 0 aromatic heterocycles. The van der Waals surface area contributed by atoms with Gasteiger partial charge in [0, 0.05) is 0 Å². The first-order chi connectivity index (χ1) is 8.66. The zero-order valence-electron chi connectivity index (χ0n) is 13.1. The van der Waals surface area contributed by atoms with Crippen LogP contribution in [0.5, 0.6) is 0 Å². The van der Waals surface area contributed by atoms with Gasteiger partial charge in [-0.15, -0.1) is 0 Å². The lowest BCUT2D eigenvalue weighted by Gasteiger charge is -2.22. The highest BCUT2D eigenvalue weighted by atomic mass is 15.1. The zero-order valence-corrected chi connectivity index (χ0v) is 13.1. The second-order valence-electron chi connectivity index (χ2n) is 6.65.